The zero-order chi connectivity index (χ0) is 18.7. The van der Waals surface area contributed by atoms with Gasteiger partial charge in [0.25, 0.3) is 0 Å². The number of likely N-dealkylation sites (tertiary alicyclic amines) is 1. The van der Waals surface area contributed by atoms with E-state index in [-0.39, 0.29) is 11.8 Å². The third kappa shape index (κ3) is 4.92. The fourth-order valence-corrected chi connectivity index (χ4v) is 3.71. The number of rotatable bonds is 4. The van der Waals surface area contributed by atoms with Crippen LogP contribution >= 0.6 is 34.8 Å². The first kappa shape index (κ1) is 19.5. The molecule has 2 aromatic rings. The monoisotopic (exact) mass is 410 g/mol. The van der Waals surface area contributed by atoms with Crippen LogP contribution in [0.5, 0.6) is 0 Å². The Bertz CT molecular complexity index is 802. The normalized spacial score (nSPS) is 15.8. The summed E-state index contributed by atoms with van der Waals surface area (Å²) in [6.07, 6.45) is 1.68. The predicted molar refractivity (Wildman–Crippen MR) is 109 cm³/mol. The molecule has 1 fully saturated rings. The van der Waals surface area contributed by atoms with E-state index in [9.17, 15) is 4.79 Å². The SMILES string of the molecule is Cc1ccc(Cl)cc1NC(=O)C1CCN(Cc2ccc(Cl)c(Cl)c2)CC1. The van der Waals surface area contributed by atoms with Crippen LogP contribution in [0.2, 0.25) is 15.1 Å². The number of halogens is 3. The van der Waals surface area contributed by atoms with E-state index in [0.717, 1.165) is 49.3 Å². The minimum Gasteiger partial charge on any atom is -0.326 e. The van der Waals surface area contributed by atoms with Crippen molar-refractivity contribution < 1.29 is 4.79 Å². The Morgan fingerprint density at radius 3 is 2.50 bits per heavy atom. The average Bonchev–Trinajstić information content (AvgIpc) is 2.62. The largest absolute Gasteiger partial charge is 0.326 e. The summed E-state index contributed by atoms with van der Waals surface area (Å²) in [7, 11) is 0. The Morgan fingerprint density at radius 2 is 1.81 bits per heavy atom. The second kappa shape index (κ2) is 8.62. The van der Waals surface area contributed by atoms with Crippen molar-refractivity contribution >= 4 is 46.4 Å². The molecular formula is C20H21Cl3N2O. The van der Waals surface area contributed by atoms with Crippen molar-refractivity contribution in [2.45, 2.75) is 26.3 Å². The summed E-state index contributed by atoms with van der Waals surface area (Å²) >= 11 is 18.1. The van der Waals surface area contributed by atoms with Gasteiger partial charge in [-0.25, -0.2) is 0 Å². The molecule has 0 bridgehead atoms. The molecule has 6 heteroatoms. The van der Waals surface area contributed by atoms with Crippen molar-refractivity contribution in [2.75, 3.05) is 18.4 Å². The average molecular weight is 412 g/mol. The third-order valence-electron chi connectivity index (χ3n) is 4.81. The van der Waals surface area contributed by atoms with Gasteiger partial charge in [0, 0.05) is 23.2 Å². The standard InChI is InChI=1S/C20H21Cl3N2O/c1-13-2-4-16(21)11-19(13)24-20(26)15-6-8-25(9-7-15)12-14-3-5-17(22)18(23)10-14/h2-5,10-11,15H,6-9,12H2,1H3,(H,24,26). The van der Waals surface area contributed by atoms with Gasteiger partial charge in [-0.15, -0.1) is 0 Å². The minimum absolute atomic E-state index is 0.0263. The van der Waals surface area contributed by atoms with Crippen LogP contribution in [0.25, 0.3) is 0 Å². The number of nitrogens with one attached hydrogen (secondary N) is 1. The van der Waals surface area contributed by atoms with Gasteiger partial charge in [0.05, 0.1) is 10.0 Å². The summed E-state index contributed by atoms with van der Waals surface area (Å²) in [5.74, 6) is 0.1000. The molecule has 0 unspecified atom stereocenters. The van der Waals surface area contributed by atoms with E-state index in [2.05, 4.69) is 10.2 Å². The fraction of sp³-hybridized carbons (Fsp3) is 0.350. The van der Waals surface area contributed by atoms with Crippen LogP contribution in [-0.4, -0.2) is 23.9 Å². The van der Waals surface area contributed by atoms with Gasteiger partial charge >= 0.3 is 0 Å². The number of hydrogen-bond donors (Lipinski definition) is 1. The maximum Gasteiger partial charge on any atom is 0.227 e. The number of carbonyl (C=O) groups excluding carboxylic acids is 1. The van der Waals surface area contributed by atoms with Crippen LogP contribution in [0.4, 0.5) is 5.69 Å². The highest BCUT2D eigenvalue weighted by molar-refractivity contribution is 6.42. The number of hydrogen-bond acceptors (Lipinski definition) is 2. The van der Waals surface area contributed by atoms with Crippen LogP contribution < -0.4 is 5.32 Å². The summed E-state index contributed by atoms with van der Waals surface area (Å²) in [6, 6.07) is 11.3. The molecule has 3 nitrogen and oxygen atoms in total. The quantitative estimate of drug-likeness (QED) is 0.689. The Labute approximate surface area is 169 Å². The molecule has 3 rings (SSSR count). The Balaban J connectivity index is 1.53. The van der Waals surface area contributed by atoms with E-state index in [0.29, 0.717) is 15.1 Å². The van der Waals surface area contributed by atoms with Crippen LogP contribution in [0.15, 0.2) is 36.4 Å². The smallest absolute Gasteiger partial charge is 0.227 e. The summed E-state index contributed by atoms with van der Waals surface area (Å²) in [4.78, 5) is 14.9. The molecular weight excluding hydrogens is 391 g/mol. The lowest BCUT2D eigenvalue weighted by atomic mass is 9.95. The molecule has 1 saturated heterocycles. The van der Waals surface area contributed by atoms with Crippen LogP contribution in [0.1, 0.15) is 24.0 Å². The summed E-state index contributed by atoms with van der Waals surface area (Å²) in [5.41, 5.74) is 2.94. The number of anilines is 1. The van der Waals surface area contributed by atoms with Gasteiger partial charge in [0.1, 0.15) is 0 Å². The lowest BCUT2D eigenvalue weighted by Crippen LogP contribution is -2.37. The van der Waals surface area contributed by atoms with Gasteiger partial charge in [-0.2, -0.15) is 0 Å². The fourth-order valence-electron chi connectivity index (χ4n) is 3.21. The van der Waals surface area contributed by atoms with Crippen molar-refractivity contribution in [3.05, 3.63) is 62.6 Å². The van der Waals surface area contributed by atoms with Crippen molar-refractivity contribution in [3.63, 3.8) is 0 Å². The number of amides is 1. The first-order valence-corrected chi connectivity index (χ1v) is 9.79. The second-order valence-electron chi connectivity index (χ2n) is 6.75. The molecule has 0 atom stereocenters. The van der Waals surface area contributed by atoms with Gasteiger partial charge in [-0.05, 0) is 68.2 Å². The van der Waals surface area contributed by atoms with Gasteiger partial charge in [0.15, 0.2) is 0 Å². The molecule has 138 valence electrons. The van der Waals surface area contributed by atoms with Crippen LogP contribution in [0.3, 0.4) is 0 Å². The van der Waals surface area contributed by atoms with Gasteiger partial charge < -0.3 is 5.32 Å². The molecule has 2 aromatic carbocycles. The van der Waals surface area contributed by atoms with E-state index in [1.807, 2.05) is 37.3 Å². The molecule has 1 aliphatic heterocycles. The topological polar surface area (TPSA) is 32.3 Å². The van der Waals surface area contributed by atoms with Crippen molar-refractivity contribution in [1.29, 1.82) is 0 Å². The van der Waals surface area contributed by atoms with E-state index < -0.39 is 0 Å². The first-order chi connectivity index (χ1) is 12.4. The lowest BCUT2D eigenvalue weighted by molar-refractivity contribution is -0.121. The molecule has 0 radical (unpaired) electrons. The third-order valence-corrected chi connectivity index (χ3v) is 5.78. The van der Waals surface area contributed by atoms with E-state index in [4.69, 9.17) is 34.8 Å². The van der Waals surface area contributed by atoms with Crippen LogP contribution in [0, 0.1) is 12.8 Å². The molecule has 0 aliphatic carbocycles. The van der Waals surface area contributed by atoms with E-state index in [1.165, 1.54) is 0 Å². The van der Waals surface area contributed by atoms with Gasteiger partial charge in [-0.3, -0.25) is 9.69 Å². The zero-order valence-corrected chi connectivity index (χ0v) is 16.8. The summed E-state index contributed by atoms with van der Waals surface area (Å²) in [5, 5.41) is 4.80. The molecule has 26 heavy (non-hydrogen) atoms. The highest BCUT2D eigenvalue weighted by atomic mass is 35.5. The predicted octanol–water partition coefficient (Wildman–Crippen LogP) is 5.81. The minimum atomic E-state index is 0.0263. The molecule has 1 N–H and O–H groups in total. The maximum absolute atomic E-state index is 12.6. The number of aryl methyl sites for hydroxylation is 1. The van der Waals surface area contributed by atoms with E-state index in [1.54, 1.807) is 6.07 Å². The number of piperidine rings is 1. The Hall–Kier alpha value is -1.26. The number of carbonyl (C=O) groups is 1. The molecule has 1 heterocycles. The molecule has 0 aromatic heterocycles. The van der Waals surface area contributed by atoms with Crippen molar-refractivity contribution in [3.8, 4) is 0 Å². The van der Waals surface area contributed by atoms with Gasteiger partial charge in [0.2, 0.25) is 5.91 Å². The summed E-state index contributed by atoms with van der Waals surface area (Å²) < 4.78 is 0. The Kier molecular flexibility index (Phi) is 6.46. The molecule has 1 amide bonds. The van der Waals surface area contributed by atoms with Crippen molar-refractivity contribution in [2.24, 2.45) is 5.92 Å². The molecule has 0 spiro atoms. The van der Waals surface area contributed by atoms with Crippen LogP contribution in [-0.2, 0) is 11.3 Å². The molecule has 0 saturated carbocycles. The second-order valence-corrected chi connectivity index (χ2v) is 8.00. The Morgan fingerprint density at radius 1 is 1.08 bits per heavy atom. The highest BCUT2D eigenvalue weighted by Crippen LogP contribution is 2.26. The lowest BCUT2D eigenvalue weighted by Gasteiger charge is -2.31. The number of benzene rings is 2. The number of nitrogens with zero attached hydrogens (tertiary/aromatic N) is 1. The highest BCUT2D eigenvalue weighted by Gasteiger charge is 2.25. The first-order valence-electron chi connectivity index (χ1n) is 8.65. The van der Waals surface area contributed by atoms with Crippen molar-refractivity contribution in [1.82, 2.24) is 4.90 Å². The zero-order valence-electron chi connectivity index (χ0n) is 14.6. The summed E-state index contributed by atoms with van der Waals surface area (Å²) in [6.45, 7) is 4.55. The van der Waals surface area contributed by atoms with Gasteiger partial charge in [-0.1, -0.05) is 46.9 Å². The maximum atomic E-state index is 12.6. The van der Waals surface area contributed by atoms with E-state index >= 15 is 0 Å². The molecule has 1 aliphatic rings.